The molecule has 2 aliphatic rings. The molecular weight excluding hydrogens is 466 g/mol. The summed E-state index contributed by atoms with van der Waals surface area (Å²) in [5.74, 6) is 1.54. The minimum Gasteiger partial charge on any atom is -0.465 e. The average Bonchev–Trinajstić information content (AvgIpc) is 3.54. The maximum absolute atomic E-state index is 12.6. The third-order valence-corrected chi connectivity index (χ3v) is 7.50. The second-order valence-electron chi connectivity index (χ2n) is 7.83. The molecule has 0 radical (unpaired) electrons. The number of hydrogen-bond donors (Lipinski definition) is 1. The molecule has 0 unspecified atom stereocenters. The Kier molecular flexibility index (Phi) is 5.98. The van der Waals surface area contributed by atoms with Crippen molar-refractivity contribution in [3.8, 4) is 23.0 Å². The quantitative estimate of drug-likeness (QED) is 0.404. The van der Waals surface area contributed by atoms with Crippen molar-refractivity contribution in [1.29, 1.82) is 0 Å². The zero-order valence-electron chi connectivity index (χ0n) is 18.0. The van der Waals surface area contributed by atoms with E-state index < -0.39 is 5.97 Å². The van der Waals surface area contributed by atoms with E-state index in [-0.39, 0.29) is 23.7 Å². The van der Waals surface area contributed by atoms with Gasteiger partial charge in [0.2, 0.25) is 18.6 Å². The molecule has 0 spiro atoms. The molecular formula is C22H21N3O6S2. The highest BCUT2D eigenvalue weighted by atomic mass is 32.2. The van der Waals surface area contributed by atoms with Crippen molar-refractivity contribution in [3.63, 3.8) is 0 Å². The molecule has 9 nitrogen and oxygen atoms in total. The van der Waals surface area contributed by atoms with Gasteiger partial charge in [0, 0.05) is 10.4 Å². The highest BCUT2D eigenvalue weighted by molar-refractivity contribution is 7.99. The Morgan fingerprint density at radius 1 is 1.27 bits per heavy atom. The molecule has 0 saturated carbocycles. The summed E-state index contributed by atoms with van der Waals surface area (Å²) in [6, 6.07) is 5.35. The van der Waals surface area contributed by atoms with Gasteiger partial charge in [0.05, 0.1) is 18.4 Å². The van der Waals surface area contributed by atoms with Gasteiger partial charge in [0.15, 0.2) is 11.5 Å². The number of benzene rings is 1. The molecule has 33 heavy (non-hydrogen) atoms. The number of carbonyl (C=O) groups is 2. The Morgan fingerprint density at radius 2 is 2.12 bits per heavy atom. The summed E-state index contributed by atoms with van der Waals surface area (Å²) < 4.78 is 21.3. The summed E-state index contributed by atoms with van der Waals surface area (Å²) in [6.45, 7) is 2.38. The zero-order chi connectivity index (χ0) is 22.9. The fraction of sp³-hybridized carbons (Fsp3) is 0.364. The van der Waals surface area contributed by atoms with Crippen molar-refractivity contribution >= 4 is 40.0 Å². The van der Waals surface area contributed by atoms with E-state index in [9.17, 15) is 9.59 Å². The zero-order valence-corrected chi connectivity index (χ0v) is 19.6. The van der Waals surface area contributed by atoms with Crippen LogP contribution in [0.2, 0.25) is 0 Å². The Balaban J connectivity index is 1.25. The summed E-state index contributed by atoms with van der Waals surface area (Å²) in [5.41, 5.74) is 2.17. The van der Waals surface area contributed by atoms with Crippen LogP contribution in [0.15, 0.2) is 27.8 Å². The smallest absolute Gasteiger partial charge is 0.341 e. The molecule has 1 amide bonds. The third kappa shape index (κ3) is 4.42. The average molecular weight is 488 g/mol. The molecule has 0 saturated heterocycles. The second-order valence-corrected chi connectivity index (χ2v) is 9.86. The SMILES string of the molecule is COC(=O)c1c(NC(=O)CSc2nnc(-c3ccc4c(c3)OCO4)o2)sc2c1CC[C@@H](C)C2. The third-order valence-electron chi connectivity index (χ3n) is 5.51. The van der Waals surface area contributed by atoms with Gasteiger partial charge in [-0.1, -0.05) is 18.7 Å². The molecule has 11 heteroatoms. The lowest BCUT2D eigenvalue weighted by Gasteiger charge is -2.18. The van der Waals surface area contributed by atoms with E-state index in [4.69, 9.17) is 18.6 Å². The Labute approximate surface area is 197 Å². The number of ether oxygens (including phenoxy) is 3. The van der Waals surface area contributed by atoms with E-state index in [1.165, 1.54) is 18.4 Å². The lowest BCUT2D eigenvalue weighted by Crippen LogP contribution is -2.17. The van der Waals surface area contributed by atoms with Gasteiger partial charge < -0.3 is 23.9 Å². The number of rotatable bonds is 6. The first-order valence-corrected chi connectivity index (χ1v) is 12.2. The van der Waals surface area contributed by atoms with E-state index in [0.29, 0.717) is 39.4 Å². The monoisotopic (exact) mass is 487 g/mol. The maximum Gasteiger partial charge on any atom is 0.341 e. The minimum absolute atomic E-state index is 0.0579. The molecule has 0 fully saturated rings. The molecule has 172 valence electrons. The van der Waals surface area contributed by atoms with Gasteiger partial charge in [-0.2, -0.15) is 0 Å². The van der Waals surface area contributed by atoms with Gasteiger partial charge in [-0.25, -0.2) is 4.79 Å². The Morgan fingerprint density at radius 3 is 2.97 bits per heavy atom. The summed E-state index contributed by atoms with van der Waals surface area (Å²) in [4.78, 5) is 26.2. The van der Waals surface area contributed by atoms with Crippen molar-refractivity contribution in [1.82, 2.24) is 10.2 Å². The number of hydrogen-bond acceptors (Lipinski definition) is 10. The predicted molar refractivity (Wildman–Crippen MR) is 122 cm³/mol. The van der Waals surface area contributed by atoms with Crippen LogP contribution < -0.4 is 14.8 Å². The summed E-state index contributed by atoms with van der Waals surface area (Å²) >= 11 is 2.58. The van der Waals surface area contributed by atoms with Crippen molar-refractivity contribution in [2.75, 3.05) is 25.0 Å². The number of fused-ring (bicyclic) bond motifs is 2. The maximum atomic E-state index is 12.6. The molecule has 1 aliphatic heterocycles. The summed E-state index contributed by atoms with van der Waals surface area (Å²) in [7, 11) is 1.35. The van der Waals surface area contributed by atoms with Gasteiger partial charge in [-0.3, -0.25) is 4.79 Å². The van der Waals surface area contributed by atoms with Crippen LogP contribution in [0.5, 0.6) is 11.5 Å². The van der Waals surface area contributed by atoms with Crippen LogP contribution in [0.25, 0.3) is 11.5 Å². The molecule has 1 N–H and O–H groups in total. The van der Waals surface area contributed by atoms with Gasteiger partial charge in [0.25, 0.3) is 5.22 Å². The number of nitrogens with one attached hydrogen (secondary N) is 1. The number of methoxy groups -OCH3 is 1. The molecule has 2 aromatic heterocycles. The van der Waals surface area contributed by atoms with E-state index >= 15 is 0 Å². The second kappa shape index (κ2) is 9.06. The van der Waals surface area contributed by atoms with Crippen molar-refractivity contribution in [2.45, 2.75) is 31.4 Å². The first kappa shape index (κ1) is 21.8. The largest absolute Gasteiger partial charge is 0.465 e. The number of anilines is 1. The number of amides is 1. The molecule has 1 aromatic carbocycles. The van der Waals surface area contributed by atoms with Crippen LogP contribution in [-0.2, 0) is 22.4 Å². The van der Waals surface area contributed by atoms with Crippen LogP contribution in [0.1, 0.15) is 34.1 Å². The molecule has 0 bridgehead atoms. The standard InChI is InChI=1S/C22H21N3O6S2/c1-11-3-5-13-16(7-11)33-20(18(13)21(27)28-2)23-17(26)9-32-22-25-24-19(31-22)12-4-6-14-15(8-12)30-10-29-14/h4,6,8,11H,3,5,7,9-10H2,1-2H3,(H,23,26)/t11-/m1/s1. The predicted octanol–water partition coefficient (Wildman–Crippen LogP) is 4.17. The first-order chi connectivity index (χ1) is 16.0. The number of nitrogens with zero attached hydrogens (tertiary/aromatic N) is 2. The number of thiophene rings is 1. The number of carbonyl (C=O) groups excluding carboxylic acids is 2. The van der Waals surface area contributed by atoms with Crippen LogP contribution in [0.3, 0.4) is 0 Å². The lowest BCUT2D eigenvalue weighted by molar-refractivity contribution is -0.113. The fourth-order valence-corrected chi connectivity index (χ4v) is 5.84. The van der Waals surface area contributed by atoms with E-state index in [1.54, 1.807) is 18.2 Å². The highest BCUT2D eigenvalue weighted by Gasteiger charge is 2.29. The van der Waals surface area contributed by atoms with E-state index in [1.807, 2.05) is 0 Å². The van der Waals surface area contributed by atoms with Crippen molar-refractivity contribution in [2.24, 2.45) is 5.92 Å². The summed E-state index contributed by atoms with van der Waals surface area (Å²) in [6.07, 6.45) is 2.73. The van der Waals surface area contributed by atoms with Crippen molar-refractivity contribution < 1.29 is 28.2 Å². The minimum atomic E-state index is -0.421. The number of esters is 1. The Bertz CT molecular complexity index is 1220. The van der Waals surface area contributed by atoms with Crippen molar-refractivity contribution in [3.05, 3.63) is 34.2 Å². The van der Waals surface area contributed by atoms with E-state index in [2.05, 4.69) is 22.4 Å². The highest BCUT2D eigenvalue weighted by Crippen LogP contribution is 2.40. The van der Waals surface area contributed by atoms with Gasteiger partial charge in [-0.05, 0) is 48.9 Å². The first-order valence-electron chi connectivity index (χ1n) is 10.4. The number of aromatic nitrogens is 2. The molecule has 3 aromatic rings. The van der Waals surface area contributed by atoms with Gasteiger partial charge in [0.1, 0.15) is 5.00 Å². The van der Waals surface area contributed by atoms with Crippen LogP contribution in [-0.4, -0.2) is 41.7 Å². The lowest BCUT2D eigenvalue weighted by atomic mass is 9.88. The van der Waals surface area contributed by atoms with Crippen LogP contribution >= 0.6 is 23.1 Å². The van der Waals surface area contributed by atoms with Crippen LogP contribution in [0.4, 0.5) is 5.00 Å². The normalized spacial score (nSPS) is 16.4. The molecule has 5 rings (SSSR count). The molecule has 1 atom stereocenters. The molecule has 1 aliphatic carbocycles. The van der Waals surface area contributed by atoms with Crippen LogP contribution in [0, 0.1) is 5.92 Å². The number of thioether (sulfide) groups is 1. The van der Waals surface area contributed by atoms with E-state index in [0.717, 1.165) is 41.5 Å². The fourth-order valence-electron chi connectivity index (χ4n) is 3.86. The Hall–Kier alpha value is -3.05. The molecule has 3 heterocycles. The topological polar surface area (TPSA) is 113 Å². The summed E-state index contributed by atoms with van der Waals surface area (Å²) in [5, 5.41) is 11.7. The van der Waals surface area contributed by atoms with Gasteiger partial charge in [-0.15, -0.1) is 21.5 Å². The van der Waals surface area contributed by atoms with Gasteiger partial charge >= 0.3 is 5.97 Å².